The number of rotatable bonds is 4. The molecule has 0 saturated carbocycles. The van der Waals surface area contributed by atoms with Gasteiger partial charge in [0.15, 0.2) is 11.5 Å². The van der Waals surface area contributed by atoms with Crippen LogP contribution in [0.25, 0.3) is 11.2 Å². The summed E-state index contributed by atoms with van der Waals surface area (Å²) in [5.74, 6) is 1.47. The molecule has 1 atom stereocenters. The minimum Gasteiger partial charge on any atom is -0.343 e. The van der Waals surface area contributed by atoms with Crippen LogP contribution in [0, 0.1) is 6.92 Å². The smallest absolute Gasteiger partial charge is 0.213 e. The van der Waals surface area contributed by atoms with E-state index in [0.29, 0.717) is 18.8 Å². The van der Waals surface area contributed by atoms with E-state index in [4.69, 9.17) is 16.1 Å². The third-order valence-electron chi connectivity index (χ3n) is 3.07. The van der Waals surface area contributed by atoms with Gasteiger partial charge in [-0.05, 0) is 25.5 Å². The molecule has 104 valence electrons. The molecule has 0 aromatic carbocycles. The monoisotopic (exact) mass is 291 g/mol. The van der Waals surface area contributed by atoms with Crippen molar-refractivity contribution >= 4 is 22.8 Å². The quantitative estimate of drug-likeness (QED) is 0.691. The molecule has 0 aliphatic rings. The first kappa shape index (κ1) is 13.1. The van der Waals surface area contributed by atoms with Crippen molar-refractivity contribution in [3.8, 4) is 0 Å². The first-order valence-electron chi connectivity index (χ1n) is 6.37. The van der Waals surface area contributed by atoms with Gasteiger partial charge in [0.25, 0.3) is 0 Å². The van der Waals surface area contributed by atoms with E-state index < -0.39 is 0 Å². The van der Waals surface area contributed by atoms with E-state index >= 15 is 0 Å². The highest BCUT2D eigenvalue weighted by Gasteiger charge is 2.16. The average molecular weight is 292 g/mol. The lowest BCUT2D eigenvalue weighted by molar-refractivity contribution is 0.408. The highest BCUT2D eigenvalue weighted by molar-refractivity contribution is 6.20. The van der Waals surface area contributed by atoms with Crippen LogP contribution in [0.1, 0.15) is 29.5 Å². The van der Waals surface area contributed by atoms with Gasteiger partial charge in [0.2, 0.25) is 6.39 Å². The van der Waals surface area contributed by atoms with Gasteiger partial charge in [-0.3, -0.25) is 0 Å². The molecule has 0 radical (unpaired) electrons. The second-order valence-corrected chi connectivity index (χ2v) is 5.35. The summed E-state index contributed by atoms with van der Waals surface area (Å²) in [7, 11) is 0. The topological polar surface area (TPSA) is 69.6 Å². The van der Waals surface area contributed by atoms with Crippen LogP contribution in [0.3, 0.4) is 0 Å². The molecular weight excluding hydrogens is 278 g/mol. The van der Waals surface area contributed by atoms with E-state index in [0.717, 1.165) is 22.6 Å². The van der Waals surface area contributed by atoms with Gasteiger partial charge in [0.1, 0.15) is 11.3 Å². The Balaban J connectivity index is 2.00. The maximum atomic E-state index is 6.22. The summed E-state index contributed by atoms with van der Waals surface area (Å²) < 4.78 is 6.75. The molecule has 0 N–H and O–H groups in total. The fourth-order valence-electron chi connectivity index (χ4n) is 2.17. The Morgan fingerprint density at radius 3 is 2.95 bits per heavy atom. The van der Waals surface area contributed by atoms with Crippen LogP contribution >= 0.6 is 11.6 Å². The molecule has 0 aliphatic heterocycles. The zero-order valence-electron chi connectivity index (χ0n) is 11.2. The summed E-state index contributed by atoms with van der Waals surface area (Å²) >= 11 is 6.22. The van der Waals surface area contributed by atoms with Gasteiger partial charge < -0.3 is 9.09 Å². The summed E-state index contributed by atoms with van der Waals surface area (Å²) in [6, 6.07) is 2.01. The van der Waals surface area contributed by atoms with Gasteiger partial charge in [-0.2, -0.15) is 4.98 Å². The van der Waals surface area contributed by atoms with Crippen molar-refractivity contribution in [2.24, 2.45) is 0 Å². The number of hydrogen-bond acceptors (Lipinski definition) is 5. The minimum atomic E-state index is -0.185. The van der Waals surface area contributed by atoms with E-state index in [1.54, 1.807) is 0 Å². The molecule has 0 aliphatic carbocycles. The summed E-state index contributed by atoms with van der Waals surface area (Å²) in [6.07, 6.45) is 3.81. The number of alkyl halides is 1. The third kappa shape index (κ3) is 2.38. The maximum absolute atomic E-state index is 6.22. The van der Waals surface area contributed by atoms with Crippen LogP contribution < -0.4 is 0 Å². The molecule has 6 nitrogen and oxygen atoms in total. The predicted molar refractivity (Wildman–Crippen MR) is 74.5 cm³/mol. The molecule has 0 bridgehead atoms. The van der Waals surface area contributed by atoms with Crippen LogP contribution in [0.2, 0.25) is 0 Å². The van der Waals surface area contributed by atoms with Crippen LogP contribution in [-0.4, -0.2) is 24.7 Å². The number of fused-ring (bicyclic) bond motifs is 1. The molecule has 20 heavy (non-hydrogen) atoms. The Bertz CT molecular complexity index is 720. The Morgan fingerprint density at radius 2 is 2.25 bits per heavy atom. The van der Waals surface area contributed by atoms with Crippen molar-refractivity contribution in [1.29, 1.82) is 0 Å². The fraction of sp³-hybridized carbons (Fsp3) is 0.385. The fourth-order valence-corrected chi connectivity index (χ4v) is 2.33. The zero-order chi connectivity index (χ0) is 14.1. The molecular formula is C13H14ClN5O. The number of nitrogens with zero attached hydrogens (tertiary/aromatic N) is 5. The first-order valence-corrected chi connectivity index (χ1v) is 6.81. The van der Waals surface area contributed by atoms with E-state index in [-0.39, 0.29) is 5.38 Å². The van der Waals surface area contributed by atoms with Crippen molar-refractivity contribution in [2.45, 2.75) is 32.2 Å². The third-order valence-corrected chi connectivity index (χ3v) is 3.27. The van der Waals surface area contributed by atoms with Crippen molar-refractivity contribution in [1.82, 2.24) is 24.7 Å². The van der Waals surface area contributed by atoms with Gasteiger partial charge in [0, 0.05) is 19.2 Å². The van der Waals surface area contributed by atoms with Crippen molar-refractivity contribution in [3.63, 3.8) is 0 Å². The van der Waals surface area contributed by atoms with E-state index in [9.17, 15) is 0 Å². The van der Waals surface area contributed by atoms with Gasteiger partial charge in [0.05, 0.1) is 5.38 Å². The lowest BCUT2D eigenvalue weighted by Gasteiger charge is -2.08. The van der Waals surface area contributed by atoms with Crippen LogP contribution in [-0.2, 0) is 13.0 Å². The molecule has 0 fully saturated rings. The lowest BCUT2D eigenvalue weighted by Crippen LogP contribution is -2.08. The minimum absolute atomic E-state index is 0.185. The number of imidazole rings is 1. The Morgan fingerprint density at radius 1 is 1.40 bits per heavy atom. The highest BCUT2D eigenvalue weighted by atomic mass is 35.5. The number of pyridine rings is 1. The number of hydrogen-bond donors (Lipinski definition) is 0. The standard InChI is InChI=1S/C13H14ClN5O/c1-8-5-10-13(15-6-8)19(12(17-10)9(2)14)4-3-11-16-7-20-18-11/h5-7,9H,3-4H2,1-2H3. The molecule has 0 amide bonds. The van der Waals surface area contributed by atoms with Crippen LogP contribution in [0.4, 0.5) is 0 Å². The van der Waals surface area contributed by atoms with Gasteiger partial charge in [-0.25, -0.2) is 9.97 Å². The van der Waals surface area contributed by atoms with E-state index in [1.807, 2.05) is 30.7 Å². The van der Waals surface area contributed by atoms with Gasteiger partial charge in [-0.1, -0.05) is 5.16 Å². The molecule has 0 spiro atoms. The second kappa shape index (κ2) is 5.20. The largest absolute Gasteiger partial charge is 0.343 e. The molecule has 1 unspecified atom stereocenters. The number of aromatic nitrogens is 5. The molecule has 3 rings (SSSR count). The van der Waals surface area contributed by atoms with Crippen LogP contribution in [0.5, 0.6) is 0 Å². The van der Waals surface area contributed by atoms with Gasteiger partial charge in [-0.15, -0.1) is 11.6 Å². The van der Waals surface area contributed by atoms with Crippen molar-refractivity contribution < 1.29 is 4.52 Å². The van der Waals surface area contributed by atoms with E-state index in [1.165, 1.54) is 6.39 Å². The first-order chi connectivity index (χ1) is 9.65. The lowest BCUT2D eigenvalue weighted by atomic mass is 10.3. The predicted octanol–water partition coefficient (Wildman–Crippen LogP) is 2.67. The summed E-state index contributed by atoms with van der Waals surface area (Å²) in [6.45, 7) is 4.56. The maximum Gasteiger partial charge on any atom is 0.213 e. The summed E-state index contributed by atoms with van der Waals surface area (Å²) in [4.78, 5) is 13.1. The SMILES string of the molecule is Cc1cnc2c(c1)nc(C(C)Cl)n2CCc1ncon1. The molecule has 3 heterocycles. The Hall–Kier alpha value is -1.95. The molecule has 7 heteroatoms. The molecule has 3 aromatic heterocycles. The average Bonchev–Trinajstić information content (AvgIpc) is 3.02. The second-order valence-electron chi connectivity index (χ2n) is 4.69. The van der Waals surface area contributed by atoms with Crippen molar-refractivity contribution in [3.05, 3.63) is 35.9 Å². The van der Waals surface area contributed by atoms with Crippen LogP contribution in [0.15, 0.2) is 23.2 Å². The molecule has 0 saturated heterocycles. The molecule has 3 aromatic rings. The Kier molecular flexibility index (Phi) is 3.40. The van der Waals surface area contributed by atoms with Gasteiger partial charge >= 0.3 is 0 Å². The number of aryl methyl sites for hydroxylation is 3. The number of halogens is 1. The van der Waals surface area contributed by atoms with E-state index in [2.05, 4.69) is 20.1 Å². The van der Waals surface area contributed by atoms with Crippen molar-refractivity contribution in [2.75, 3.05) is 0 Å². The summed E-state index contributed by atoms with van der Waals surface area (Å²) in [5, 5.41) is 3.63. The normalized spacial score (nSPS) is 12.9. The summed E-state index contributed by atoms with van der Waals surface area (Å²) in [5.41, 5.74) is 2.77. The highest BCUT2D eigenvalue weighted by Crippen LogP contribution is 2.24. The zero-order valence-corrected chi connectivity index (χ0v) is 12.0. The Labute approximate surface area is 120 Å².